The summed E-state index contributed by atoms with van der Waals surface area (Å²) in [5, 5.41) is 7.07. The zero-order chi connectivity index (χ0) is 13.7. The van der Waals surface area contributed by atoms with Gasteiger partial charge < -0.3 is 10.1 Å². The van der Waals surface area contributed by atoms with Crippen molar-refractivity contribution >= 4 is 11.6 Å². The van der Waals surface area contributed by atoms with Gasteiger partial charge in [0.25, 0.3) is 0 Å². The van der Waals surface area contributed by atoms with E-state index in [1.165, 1.54) is 0 Å². The highest BCUT2D eigenvalue weighted by atomic mass is 16.5. The summed E-state index contributed by atoms with van der Waals surface area (Å²) in [5.74, 6) is 0.739. The molecule has 0 aliphatic rings. The molecule has 1 aromatic heterocycles. The van der Waals surface area contributed by atoms with Gasteiger partial charge in [-0.15, -0.1) is 0 Å². The number of carbonyl (C=O) groups excluding carboxylic acids is 1. The minimum atomic E-state index is -0.0293. The van der Waals surface area contributed by atoms with Crippen LogP contribution in [0.1, 0.15) is 12.1 Å². The van der Waals surface area contributed by atoms with E-state index < -0.39 is 0 Å². The Morgan fingerprint density at radius 3 is 2.63 bits per heavy atom. The van der Waals surface area contributed by atoms with Crippen molar-refractivity contribution in [3.63, 3.8) is 0 Å². The second kappa shape index (κ2) is 6.04. The fourth-order valence-corrected chi connectivity index (χ4v) is 1.70. The van der Waals surface area contributed by atoms with Crippen LogP contribution in [0.2, 0.25) is 0 Å². The molecule has 0 aliphatic carbocycles. The van der Waals surface area contributed by atoms with Gasteiger partial charge in [-0.25, -0.2) is 0 Å². The Morgan fingerprint density at radius 2 is 2.05 bits per heavy atom. The van der Waals surface area contributed by atoms with Crippen LogP contribution in [0.25, 0.3) is 0 Å². The number of aromatic nitrogens is 2. The molecule has 100 valence electrons. The minimum absolute atomic E-state index is 0.0293. The van der Waals surface area contributed by atoms with Crippen LogP contribution in [0, 0.1) is 6.92 Å². The van der Waals surface area contributed by atoms with Gasteiger partial charge in [0.1, 0.15) is 5.75 Å². The fraction of sp³-hybridized carbons (Fsp3) is 0.286. The quantitative estimate of drug-likeness (QED) is 0.895. The molecule has 19 heavy (non-hydrogen) atoms. The maximum absolute atomic E-state index is 11.8. The van der Waals surface area contributed by atoms with Gasteiger partial charge in [0.15, 0.2) is 0 Å². The van der Waals surface area contributed by atoms with E-state index in [1.807, 2.05) is 43.5 Å². The number of ether oxygens (including phenoxy) is 1. The molecular formula is C14H17N3O2. The SMILES string of the molecule is COc1ccc(NC(=O)CCn2ccc(C)n2)cc1. The normalized spacial score (nSPS) is 10.2. The van der Waals surface area contributed by atoms with E-state index in [-0.39, 0.29) is 5.91 Å². The number of hydrogen-bond acceptors (Lipinski definition) is 3. The van der Waals surface area contributed by atoms with E-state index in [0.717, 1.165) is 17.1 Å². The number of nitrogens with one attached hydrogen (secondary N) is 1. The summed E-state index contributed by atoms with van der Waals surface area (Å²) in [4.78, 5) is 11.8. The van der Waals surface area contributed by atoms with E-state index in [4.69, 9.17) is 4.74 Å². The summed E-state index contributed by atoms with van der Waals surface area (Å²) < 4.78 is 6.82. The number of anilines is 1. The van der Waals surface area contributed by atoms with E-state index in [9.17, 15) is 4.79 Å². The van der Waals surface area contributed by atoms with Crippen molar-refractivity contribution in [1.29, 1.82) is 0 Å². The number of benzene rings is 1. The third kappa shape index (κ3) is 3.84. The molecule has 5 heteroatoms. The predicted molar refractivity (Wildman–Crippen MR) is 73.2 cm³/mol. The Balaban J connectivity index is 1.83. The van der Waals surface area contributed by atoms with E-state index in [0.29, 0.717) is 13.0 Å². The minimum Gasteiger partial charge on any atom is -0.497 e. The van der Waals surface area contributed by atoms with Gasteiger partial charge >= 0.3 is 0 Å². The lowest BCUT2D eigenvalue weighted by molar-refractivity contribution is -0.116. The molecule has 5 nitrogen and oxygen atoms in total. The Labute approximate surface area is 112 Å². The van der Waals surface area contributed by atoms with Crippen LogP contribution in [-0.2, 0) is 11.3 Å². The molecule has 0 saturated heterocycles. The standard InChI is InChI=1S/C14H17N3O2/c1-11-7-9-17(16-11)10-8-14(18)15-12-3-5-13(19-2)6-4-12/h3-7,9H,8,10H2,1-2H3,(H,15,18). The molecule has 0 unspecified atom stereocenters. The van der Waals surface area contributed by atoms with Crippen LogP contribution >= 0.6 is 0 Å². The number of amides is 1. The van der Waals surface area contributed by atoms with Crippen molar-refractivity contribution in [2.45, 2.75) is 19.9 Å². The van der Waals surface area contributed by atoms with Crippen LogP contribution in [0.3, 0.4) is 0 Å². The van der Waals surface area contributed by atoms with Crippen LogP contribution in [0.5, 0.6) is 5.75 Å². The van der Waals surface area contributed by atoms with Crippen molar-refractivity contribution in [2.75, 3.05) is 12.4 Å². The summed E-state index contributed by atoms with van der Waals surface area (Å²) >= 11 is 0. The fourth-order valence-electron chi connectivity index (χ4n) is 1.70. The van der Waals surface area contributed by atoms with E-state index in [1.54, 1.807) is 11.8 Å². The van der Waals surface area contributed by atoms with Crippen LogP contribution in [0.15, 0.2) is 36.5 Å². The Bertz CT molecular complexity index is 546. The summed E-state index contributed by atoms with van der Waals surface area (Å²) in [6.07, 6.45) is 2.27. The van der Waals surface area contributed by atoms with Crippen molar-refractivity contribution < 1.29 is 9.53 Å². The highest BCUT2D eigenvalue weighted by molar-refractivity contribution is 5.90. The molecule has 0 atom stereocenters. The summed E-state index contributed by atoms with van der Waals surface area (Å²) in [6, 6.07) is 9.17. The Morgan fingerprint density at radius 1 is 1.32 bits per heavy atom. The predicted octanol–water partition coefficient (Wildman–Crippen LogP) is 2.23. The molecule has 0 bridgehead atoms. The summed E-state index contributed by atoms with van der Waals surface area (Å²) in [5.41, 5.74) is 1.72. The van der Waals surface area contributed by atoms with Crippen molar-refractivity contribution in [1.82, 2.24) is 9.78 Å². The molecule has 1 amide bonds. The van der Waals surface area contributed by atoms with Gasteiger partial charge in [-0.05, 0) is 37.3 Å². The molecule has 0 spiro atoms. The first kappa shape index (κ1) is 13.1. The van der Waals surface area contributed by atoms with Crippen molar-refractivity contribution in [3.8, 4) is 5.75 Å². The van der Waals surface area contributed by atoms with E-state index >= 15 is 0 Å². The number of rotatable bonds is 5. The highest BCUT2D eigenvalue weighted by Crippen LogP contribution is 2.15. The molecule has 0 saturated carbocycles. The largest absolute Gasteiger partial charge is 0.497 e. The average molecular weight is 259 g/mol. The molecule has 1 heterocycles. The average Bonchev–Trinajstić information content (AvgIpc) is 2.83. The number of hydrogen-bond donors (Lipinski definition) is 1. The van der Waals surface area contributed by atoms with Gasteiger partial charge in [-0.1, -0.05) is 0 Å². The Hall–Kier alpha value is -2.30. The molecule has 2 rings (SSSR count). The van der Waals surface area contributed by atoms with Crippen LogP contribution < -0.4 is 10.1 Å². The third-order valence-corrected chi connectivity index (χ3v) is 2.72. The van der Waals surface area contributed by atoms with Gasteiger partial charge in [-0.3, -0.25) is 9.48 Å². The molecule has 0 fully saturated rings. The zero-order valence-electron chi connectivity index (χ0n) is 11.1. The maximum Gasteiger partial charge on any atom is 0.226 e. The molecule has 2 aromatic rings. The zero-order valence-corrected chi connectivity index (χ0v) is 11.1. The van der Waals surface area contributed by atoms with Crippen molar-refractivity contribution in [2.24, 2.45) is 0 Å². The number of methoxy groups -OCH3 is 1. The number of carbonyl (C=O) groups is 1. The second-order valence-electron chi connectivity index (χ2n) is 4.25. The van der Waals surface area contributed by atoms with E-state index in [2.05, 4.69) is 10.4 Å². The van der Waals surface area contributed by atoms with Gasteiger partial charge in [0.2, 0.25) is 5.91 Å². The maximum atomic E-state index is 11.8. The molecular weight excluding hydrogens is 242 g/mol. The third-order valence-electron chi connectivity index (χ3n) is 2.72. The number of aryl methyl sites for hydroxylation is 2. The van der Waals surface area contributed by atoms with Gasteiger partial charge in [-0.2, -0.15) is 5.10 Å². The van der Waals surface area contributed by atoms with Gasteiger partial charge in [0, 0.05) is 24.8 Å². The monoisotopic (exact) mass is 259 g/mol. The lowest BCUT2D eigenvalue weighted by atomic mass is 10.3. The Kier molecular flexibility index (Phi) is 4.18. The topological polar surface area (TPSA) is 56.1 Å². The lowest BCUT2D eigenvalue weighted by Crippen LogP contribution is -2.14. The smallest absolute Gasteiger partial charge is 0.226 e. The van der Waals surface area contributed by atoms with Crippen molar-refractivity contribution in [3.05, 3.63) is 42.2 Å². The van der Waals surface area contributed by atoms with Crippen LogP contribution in [-0.4, -0.2) is 22.8 Å². The summed E-state index contributed by atoms with van der Waals surface area (Å²) in [7, 11) is 1.61. The molecule has 0 radical (unpaired) electrons. The summed E-state index contributed by atoms with van der Waals surface area (Å²) in [6.45, 7) is 2.50. The van der Waals surface area contributed by atoms with Gasteiger partial charge in [0.05, 0.1) is 12.8 Å². The molecule has 1 aromatic carbocycles. The highest BCUT2D eigenvalue weighted by Gasteiger charge is 2.03. The molecule has 1 N–H and O–H groups in total. The molecule has 0 aliphatic heterocycles. The first-order valence-electron chi connectivity index (χ1n) is 6.11. The first-order valence-corrected chi connectivity index (χ1v) is 6.11. The first-order chi connectivity index (χ1) is 9.17. The lowest BCUT2D eigenvalue weighted by Gasteiger charge is -2.06. The van der Waals surface area contributed by atoms with Crippen LogP contribution in [0.4, 0.5) is 5.69 Å². The second-order valence-corrected chi connectivity index (χ2v) is 4.25. The number of nitrogens with zero attached hydrogens (tertiary/aromatic N) is 2.